The second kappa shape index (κ2) is 8.98. The first-order chi connectivity index (χ1) is 9.45. The maximum Gasteiger partial charge on any atom is 0.0702 e. The highest BCUT2D eigenvalue weighted by atomic mass is 16.5. The fraction of sp³-hybridized carbons (Fsp3) is 1.00. The van der Waals surface area contributed by atoms with E-state index in [1.807, 2.05) is 0 Å². The first-order valence-corrected chi connectivity index (χ1v) is 8.14. The molecule has 0 aromatic heterocycles. The van der Waals surface area contributed by atoms with E-state index in [1.165, 1.54) is 19.3 Å². The number of hydrogen-bond donors (Lipinski definition) is 2. The minimum absolute atomic E-state index is 0.138. The summed E-state index contributed by atoms with van der Waals surface area (Å²) >= 11 is 0. The molecule has 2 N–H and O–H groups in total. The lowest BCUT2D eigenvalue weighted by molar-refractivity contribution is 0.0802. The Labute approximate surface area is 124 Å². The van der Waals surface area contributed by atoms with Crippen LogP contribution in [0.25, 0.3) is 0 Å². The molecule has 4 nitrogen and oxygen atoms in total. The predicted molar refractivity (Wildman–Crippen MR) is 84.1 cm³/mol. The first kappa shape index (κ1) is 17.9. The van der Waals surface area contributed by atoms with E-state index < -0.39 is 0 Å². The van der Waals surface area contributed by atoms with E-state index in [1.54, 1.807) is 0 Å². The molecule has 1 heterocycles. The third-order valence-electron chi connectivity index (χ3n) is 4.04. The molecule has 0 spiro atoms. The van der Waals surface area contributed by atoms with Gasteiger partial charge in [-0.2, -0.15) is 0 Å². The fourth-order valence-electron chi connectivity index (χ4n) is 3.02. The largest absolute Gasteiger partial charge is 0.394 e. The van der Waals surface area contributed by atoms with Crippen molar-refractivity contribution in [3.8, 4) is 0 Å². The topological polar surface area (TPSA) is 44.7 Å². The van der Waals surface area contributed by atoms with Crippen LogP contribution in [0.3, 0.4) is 0 Å². The predicted octanol–water partition coefficient (Wildman–Crippen LogP) is 2.02. The molecule has 0 radical (unpaired) electrons. The summed E-state index contributed by atoms with van der Waals surface area (Å²) in [4.78, 5) is 2.38. The molecule has 2 atom stereocenters. The minimum atomic E-state index is -0.138. The highest BCUT2D eigenvalue weighted by molar-refractivity contribution is 4.83. The molecule has 0 saturated carbocycles. The summed E-state index contributed by atoms with van der Waals surface area (Å²) in [5, 5.41) is 13.0. The van der Waals surface area contributed by atoms with Gasteiger partial charge in [0.25, 0.3) is 0 Å². The minimum Gasteiger partial charge on any atom is -0.394 e. The number of nitrogens with zero attached hydrogens (tertiary/aromatic N) is 1. The van der Waals surface area contributed by atoms with Gasteiger partial charge in [-0.1, -0.05) is 20.3 Å². The smallest absolute Gasteiger partial charge is 0.0702 e. The van der Waals surface area contributed by atoms with Crippen LogP contribution in [0.4, 0.5) is 0 Å². The van der Waals surface area contributed by atoms with Crippen molar-refractivity contribution in [1.29, 1.82) is 0 Å². The quantitative estimate of drug-likeness (QED) is 0.603. The molecular weight excluding hydrogens is 252 g/mol. The van der Waals surface area contributed by atoms with Crippen molar-refractivity contribution < 1.29 is 9.84 Å². The Morgan fingerprint density at radius 1 is 1.40 bits per heavy atom. The Kier molecular flexibility index (Phi) is 8.03. The van der Waals surface area contributed by atoms with Crippen LogP contribution in [0.5, 0.6) is 0 Å². The van der Waals surface area contributed by atoms with Gasteiger partial charge in [-0.25, -0.2) is 0 Å². The van der Waals surface area contributed by atoms with Crippen molar-refractivity contribution in [3.05, 3.63) is 0 Å². The SMILES string of the molecule is CC(C)NC(C)(CO)CCCCN(C)CC1CCCO1. The second-order valence-electron chi connectivity index (χ2n) is 6.87. The molecule has 120 valence electrons. The van der Waals surface area contributed by atoms with Gasteiger partial charge in [0.15, 0.2) is 0 Å². The summed E-state index contributed by atoms with van der Waals surface area (Å²) in [7, 11) is 2.18. The van der Waals surface area contributed by atoms with E-state index in [2.05, 4.69) is 38.0 Å². The third-order valence-corrected chi connectivity index (χ3v) is 4.04. The molecule has 1 aliphatic rings. The maximum absolute atomic E-state index is 9.54. The summed E-state index contributed by atoms with van der Waals surface area (Å²) < 4.78 is 5.66. The van der Waals surface area contributed by atoms with E-state index in [0.717, 1.165) is 32.5 Å². The van der Waals surface area contributed by atoms with Crippen molar-refractivity contribution in [2.45, 2.75) is 70.6 Å². The van der Waals surface area contributed by atoms with Gasteiger partial charge >= 0.3 is 0 Å². The average Bonchev–Trinajstić information content (AvgIpc) is 2.86. The average molecular weight is 286 g/mol. The van der Waals surface area contributed by atoms with Gasteiger partial charge in [0, 0.05) is 24.7 Å². The molecule has 1 aliphatic heterocycles. The molecule has 20 heavy (non-hydrogen) atoms. The van der Waals surface area contributed by atoms with Crippen LogP contribution in [-0.2, 0) is 4.74 Å². The van der Waals surface area contributed by atoms with Crippen LogP contribution in [0.15, 0.2) is 0 Å². The van der Waals surface area contributed by atoms with E-state index in [-0.39, 0.29) is 12.1 Å². The van der Waals surface area contributed by atoms with Crippen molar-refractivity contribution in [2.75, 3.05) is 33.4 Å². The van der Waals surface area contributed by atoms with Crippen molar-refractivity contribution in [3.63, 3.8) is 0 Å². The lowest BCUT2D eigenvalue weighted by atomic mass is 9.94. The number of aliphatic hydroxyl groups is 1. The molecule has 4 heteroatoms. The van der Waals surface area contributed by atoms with Crippen LogP contribution >= 0.6 is 0 Å². The number of aliphatic hydroxyl groups excluding tert-OH is 1. The lowest BCUT2D eigenvalue weighted by Crippen LogP contribution is -2.49. The molecule has 1 fully saturated rings. The number of hydrogen-bond acceptors (Lipinski definition) is 4. The van der Waals surface area contributed by atoms with Crippen molar-refractivity contribution in [1.82, 2.24) is 10.2 Å². The van der Waals surface area contributed by atoms with Crippen LogP contribution in [-0.4, -0.2) is 61.0 Å². The van der Waals surface area contributed by atoms with Gasteiger partial charge in [0.2, 0.25) is 0 Å². The van der Waals surface area contributed by atoms with E-state index in [0.29, 0.717) is 12.1 Å². The first-order valence-electron chi connectivity index (χ1n) is 8.14. The summed E-state index contributed by atoms with van der Waals surface area (Å²) in [5.41, 5.74) is -0.138. The van der Waals surface area contributed by atoms with Crippen LogP contribution in [0.1, 0.15) is 52.9 Å². The zero-order valence-corrected chi connectivity index (χ0v) is 13.8. The molecule has 0 bridgehead atoms. The molecule has 2 unspecified atom stereocenters. The summed E-state index contributed by atoms with van der Waals surface area (Å²) in [5.74, 6) is 0. The zero-order valence-electron chi connectivity index (χ0n) is 13.8. The van der Waals surface area contributed by atoms with Crippen LogP contribution < -0.4 is 5.32 Å². The number of unbranched alkanes of at least 4 members (excludes halogenated alkanes) is 1. The summed E-state index contributed by atoms with van der Waals surface area (Å²) in [6.45, 7) is 9.69. The molecule has 0 aromatic carbocycles. The fourth-order valence-corrected chi connectivity index (χ4v) is 3.02. The maximum atomic E-state index is 9.54. The molecule has 0 aliphatic carbocycles. The number of rotatable bonds is 10. The molecular formula is C16H34N2O2. The Morgan fingerprint density at radius 2 is 2.15 bits per heavy atom. The highest BCUT2D eigenvalue weighted by Gasteiger charge is 2.23. The number of likely N-dealkylation sites (N-methyl/N-ethyl adjacent to an activating group) is 1. The second-order valence-corrected chi connectivity index (χ2v) is 6.87. The number of nitrogens with one attached hydrogen (secondary N) is 1. The normalized spacial score (nSPS) is 22.6. The molecule has 0 aromatic rings. The van der Waals surface area contributed by atoms with Gasteiger partial charge in [0.05, 0.1) is 12.7 Å². The van der Waals surface area contributed by atoms with Crippen molar-refractivity contribution in [2.24, 2.45) is 0 Å². The summed E-state index contributed by atoms with van der Waals surface area (Å²) in [6, 6.07) is 0.411. The Hall–Kier alpha value is -0.160. The van der Waals surface area contributed by atoms with Gasteiger partial charge in [0.1, 0.15) is 0 Å². The van der Waals surface area contributed by atoms with Crippen LogP contribution in [0, 0.1) is 0 Å². The van der Waals surface area contributed by atoms with Gasteiger partial charge < -0.3 is 20.1 Å². The van der Waals surface area contributed by atoms with Gasteiger partial charge in [-0.15, -0.1) is 0 Å². The third kappa shape index (κ3) is 7.02. The van der Waals surface area contributed by atoms with E-state index in [9.17, 15) is 5.11 Å². The Morgan fingerprint density at radius 3 is 2.70 bits per heavy atom. The summed E-state index contributed by atoms with van der Waals surface area (Å²) in [6.07, 6.45) is 6.23. The Balaban J connectivity index is 2.12. The van der Waals surface area contributed by atoms with Gasteiger partial charge in [-0.3, -0.25) is 0 Å². The number of ether oxygens (including phenoxy) is 1. The van der Waals surface area contributed by atoms with Gasteiger partial charge in [-0.05, 0) is 46.2 Å². The zero-order chi connectivity index (χ0) is 15.0. The Bertz CT molecular complexity index is 255. The van der Waals surface area contributed by atoms with Crippen LogP contribution in [0.2, 0.25) is 0 Å². The van der Waals surface area contributed by atoms with Crippen molar-refractivity contribution >= 4 is 0 Å². The molecule has 1 saturated heterocycles. The molecule has 1 rings (SSSR count). The van der Waals surface area contributed by atoms with E-state index in [4.69, 9.17) is 4.74 Å². The monoisotopic (exact) mass is 286 g/mol. The van der Waals surface area contributed by atoms with E-state index >= 15 is 0 Å². The standard InChI is InChI=1S/C16H34N2O2/c1-14(2)17-16(3,13-19)9-5-6-10-18(4)12-15-8-7-11-20-15/h14-15,17,19H,5-13H2,1-4H3. The highest BCUT2D eigenvalue weighted by Crippen LogP contribution is 2.16. The molecule has 0 amide bonds. The lowest BCUT2D eigenvalue weighted by Gasteiger charge is -2.31.